The molecule has 0 aliphatic rings. The molecule has 1 aromatic heterocycles. The summed E-state index contributed by atoms with van der Waals surface area (Å²) in [4.78, 5) is 40.1. The van der Waals surface area contributed by atoms with Gasteiger partial charge in [0.25, 0.3) is 0 Å². The predicted octanol–water partition coefficient (Wildman–Crippen LogP) is 3.59. The highest BCUT2D eigenvalue weighted by Gasteiger charge is 2.26. The lowest BCUT2D eigenvalue weighted by molar-refractivity contribution is -0.143. The minimum atomic E-state index is -0.710. The van der Waals surface area contributed by atoms with Crippen LogP contribution in [-0.4, -0.2) is 41.1 Å². The van der Waals surface area contributed by atoms with E-state index >= 15 is 0 Å². The number of hydrogen-bond donors (Lipinski definition) is 0. The van der Waals surface area contributed by atoms with Crippen LogP contribution in [0.1, 0.15) is 43.0 Å². The van der Waals surface area contributed by atoms with E-state index in [0.29, 0.717) is 37.9 Å². The smallest absolute Gasteiger partial charge is 0.305 e. The van der Waals surface area contributed by atoms with Crippen LogP contribution in [0.2, 0.25) is 5.15 Å². The summed E-state index contributed by atoms with van der Waals surface area (Å²) in [6.07, 6.45) is 5.18. The van der Waals surface area contributed by atoms with Crippen molar-refractivity contribution in [2.24, 2.45) is 5.92 Å². The molecule has 0 amide bonds. The van der Waals surface area contributed by atoms with Gasteiger partial charge >= 0.3 is 5.97 Å². The second-order valence-corrected chi connectivity index (χ2v) is 6.49. The Morgan fingerprint density at radius 1 is 1.33 bits per heavy atom. The first-order valence-corrected chi connectivity index (χ1v) is 9.59. The molecule has 24 heavy (non-hydrogen) atoms. The molecule has 132 valence electrons. The van der Waals surface area contributed by atoms with Crippen LogP contribution in [0.5, 0.6) is 0 Å². The summed E-state index contributed by atoms with van der Waals surface area (Å²) in [7, 11) is 0. The molecule has 1 aromatic rings. The fourth-order valence-electron chi connectivity index (χ4n) is 2.29. The van der Waals surface area contributed by atoms with Gasteiger partial charge in [0.1, 0.15) is 5.15 Å². The van der Waals surface area contributed by atoms with Gasteiger partial charge in [-0.05, 0) is 38.2 Å². The Balaban J connectivity index is 2.69. The molecule has 1 atom stereocenters. The van der Waals surface area contributed by atoms with Crippen molar-refractivity contribution in [1.29, 1.82) is 0 Å². The highest BCUT2D eigenvalue weighted by atomic mass is 35.5. The topological polar surface area (TPSA) is 73.3 Å². The zero-order chi connectivity index (χ0) is 17.9. The minimum Gasteiger partial charge on any atom is -0.466 e. The van der Waals surface area contributed by atoms with E-state index in [2.05, 4.69) is 4.98 Å². The molecule has 1 rings (SSSR count). The number of halogens is 1. The number of rotatable bonds is 11. The number of nitrogens with zero attached hydrogens (tertiary/aromatic N) is 1. The number of aromatic nitrogens is 1. The Morgan fingerprint density at radius 2 is 2.08 bits per heavy atom. The molecule has 0 aliphatic heterocycles. The van der Waals surface area contributed by atoms with Crippen molar-refractivity contribution in [2.75, 3.05) is 18.6 Å². The second-order valence-electron chi connectivity index (χ2n) is 5.23. The van der Waals surface area contributed by atoms with Crippen LogP contribution < -0.4 is 0 Å². The van der Waals surface area contributed by atoms with E-state index in [1.807, 2.05) is 6.26 Å². The quantitative estimate of drug-likeness (QED) is 0.194. The third-order valence-corrected chi connectivity index (χ3v) is 4.21. The van der Waals surface area contributed by atoms with Crippen molar-refractivity contribution in [1.82, 2.24) is 4.98 Å². The fourth-order valence-corrected chi connectivity index (χ4v) is 2.95. The van der Waals surface area contributed by atoms with Gasteiger partial charge in [-0.2, -0.15) is 11.8 Å². The first kappa shape index (κ1) is 20.6. The fraction of sp³-hybridized carbons (Fsp3) is 0.529. The summed E-state index contributed by atoms with van der Waals surface area (Å²) in [6, 6.07) is 3.04. The van der Waals surface area contributed by atoms with Crippen molar-refractivity contribution < 1.29 is 19.1 Å². The third-order valence-electron chi connectivity index (χ3n) is 3.43. The van der Waals surface area contributed by atoms with Crippen LogP contribution in [0.3, 0.4) is 0 Å². The van der Waals surface area contributed by atoms with Crippen molar-refractivity contribution in [3.8, 4) is 0 Å². The first-order chi connectivity index (χ1) is 11.5. The third kappa shape index (κ3) is 7.01. The Morgan fingerprint density at radius 3 is 2.71 bits per heavy atom. The van der Waals surface area contributed by atoms with Crippen LogP contribution in [0, 0.1) is 5.92 Å². The number of carbonyl (C=O) groups is 3. The monoisotopic (exact) mass is 371 g/mol. The predicted molar refractivity (Wildman–Crippen MR) is 95.6 cm³/mol. The van der Waals surface area contributed by atoms with Gasteiger partial charge in [0, 0.05) is 18.2 Å². The lowest BCUT2D eigenvalue weighted by Crippen LogP contribution is -2.26. The molecule has 0 aliphatic carbocycles. The number of hydrogen-bond acceptors (Lipinski definition) is 6. The SMILES string of the molecule is CCOC(=O)CCCCC(C(=O)CSC)C(=O)c1ccnc(Cl)c1. The van der Waals surface area contributed by atoms with Crippen LogP contribution in [0.15, 0.2) is 18.3 Å². The molecule has 0 N–H and O–H groups in total. The van der Waals surface area contributed by atoms with Gasteiger partial charge in [-0.3, -0.25) is 14.4 Å². The molecule has 0 aromatic carbocycles. The Labute approximate surface area is 151 Å². The molecule has 0 bridgehead atoms. The van der Waals surface area contributed by atoms with E-state index in [0.717, 1.165) is 0 Å². The number of thioether (sulfide) groups is 1. The van der Waals surface area contributed by atoms with Crippen molar-refractivity contribution in [3.63, 3.8) is 0 Å². The lowest BCUT2D eigenvalue weighted by Gasteiger charge is -2.14. The molecular formula is C17H22ClNO4S. The normalized spacial score (nSPS) is 11.8. The molecule has 0 spiro atoms. The van der Waals surface area contributed by atoms with Crippen molar-refractivity contribution >= 4 is 40.9 Å². The molecule has 1 unspecified atom stereocenters. The lowest BCUT2D eigenvalue weighted by atomic mass is 9.89. The van der Waals surface area contributed by atoms with E-state index in [4.69, 9.17) is 16.3 Å². The van der Waals surface area contributed by atoms with Gasteiger partial charge in [0.2, 0.25) is 0 Å². The summed E-state index contributed by atoms with van der Waals surface area (Å²) >= 11 is 7.21. The first-order valence-electron chi connectivity index (χ1n) is 7.82. The molecule has 5 nitrogen and oxygen atoms in total. The second kappa shape index (κ2) is 11.2. The Hall–Kier alpha value is -1.40. The maximum absolute atomic E-state index is 12.6. The highest BCUT2D eigenvalue weighted by molar-refractivity contribution is 7.99. The maximum atomic E-state index is 12.6. The maximum Gasteiger partial charge on any atom is 0.305 e. The van der Waals surface area contributed by atoms with Crippen LogP contribution in [-0.2, 0) is 14.3 Å². The van der Waals surface area contributed by atoms with Crippen molar-refractivity contribution in [3.05, 3.63) is 29.0 Å². The number of unbranched alkanes of at least 4 members (excludes halogenated alkanes) is 1. The van der Waals surface area contributed by atoms with E-state index in [1.165, 1.54) is 24.0 Å². The van der Waals surface area contributed by atoms with Gasteiger partial charge in [0.15, 0.2) is 11.6 Å². The van der Waals surface area contributed by atoms with Gasteiger partial charge in [-0.25, -0.2) is 4.98 Å². The Kier molecular flexibility index (Phi) is 9.64. The number of ketones is 2. The molecule has 1 heterocycles. The number of pyridine rings is 1. The van der Waals surface area contributed by atoms with Crippen molar-refractivity contribution in [2.45, 2.75) is 32.6 Å². The van der Waals surface area contributed by atoms with Gasteiger partial charge in [-0.1, -0.05) is 18.0 Å². The van der Waals surface area contributed by atoms with E-state index < -0.39 is 5.92 Å². The van der Waals surface area contributed by atoms with Gasteiger partial charge < -0.3 is 4.74 Å². The van der Waals surface area contributed by atoms with Crippen LogP contribution in [0.4, 0.5) is 0 Å². The Bertz CT molecular complexity index is 579. The average Bonchev–Trinajstić information content (AvgIpc) is 2.54. The highest BCUT2D eigenvalue weighted by Crippen LogP contribution is 2.20. The molecule has 7 heteroatoms. The molecule has 0 radical (unpaired) electrons. The van der Waals surface area contributed by atoms with E-state index in [9.17, 15) is 14.4 Å². The number of carbonyl (C=O) groups excluding carboxylic acids is 3. The molecule has 0 saturated heterocycles. The van der Waals surface area contributed by atoms with Gasteiger partial charge in [0.05, 0.1) is 18.3 Å². The number of Topliss-reactive ketones (excluding diaryl/α,β-unsaturated/α-hetero) is 2. The average molecular weight is 372 g/mol. The zero-order valence-corrected chi connectivity index (χ0v) is 15.5. The largest absolute Gasteiger partial charge is 0.466 e. The van der Waals surface area contributed by atoms with Crippen LogP contribution in [0.25, 0.3) is 0 Å². The molecule has 0 fully saturated rings. The molecule has 0 saturated carbocycles. The summed E-state index contributed by atoms with van der Waals surface area (Å²) < 4.78 is 4.87. The van der Waals surface area contributed by atoms with E-state index in [-0.39, 0.29) is 28.4 Å². The standard InChI is InChI=1S/C17H22ClNO4S/c1-3-23-16(21)7-5-4-6-13(14(20)11-24-2)17(22)12-8-9-19-15(18)10-12/h8-10,13H,3-7,11H2,1-2H3. The summed E-state index contributed by atoms with van der Waals surface area (Å²) in [5, 5.41) is 0.222. The number of esters is 1. The summed E-state index contributed by atoms with van der Waals surface area (Å²) in [5.74, 6) is -1.02. The zero-order valence-electron chi connectivity index (χ0n) is 13.9. The summed E-state index contributed by atoms with van der Waals surface area (Å²) in [6.45, 7) is 2.11. The summed E-state index contributed by atoms with van der Waals surface area (Å²) in [5.41, 5.74) is 0.389. The molecular weight excluding hydrogens is 350 g/mol. The van der Waals surface area contributed by atoms with Crippen LogP contribution >= 0.6 is 23.4 Å². The van der Waals surface area contributed by atoms with Gasteiger partial charge in [-0.15, -0.1) is 0 Å². The van der Waals surface area contributed by atoms with E-state index in [1.54, 1.807) is 13.0 Å². The minimum absolute atomic E-state index is 0.100. The number of ether oxygens (including phenoxy) is 1.